The standard InChI is InChI=1S/C13H19N5/c14-8-11(15)7-12(16)10-3-4-13(17-9-10)18-5-1-2-6-18/h3-4,7,9,16H,1-2,5-6,8,14-15H2. The summed E-state index contributed by atoms with van der Waals surface area (Å²) in [4.78, 5) is 6.66. The molecule has 0 unspecified atom stereocenters. The quantitative estimate of drug-likeness (QED) is 0.686. The van der Waals surface area contributed by atoms with Gasteiger partial charge in [0.1, 0.15) is 5.82 Å². The topological polar surface area (TPSA) is 92.0 Å². The highest BCUT2D eigenvalue weighted by atomic mass is 15.2. The van der Waals surface area contributed by atoms with E-state index in [4.69, 9.17) is 16.9 Å². The highest BCUT2D eigenvalue weighted by Gasteiger charge is 2.13. The van der Waals surface area contributed by atoms with Gasteiger partial charge in [0, 0.05) is 37.1 Å². The maximum Gasteiger partial charge on any atom is 0.128 e. The lowest BCUT2D eigenvalue weighted by Crippen LogP contribution is -2.19. The Kier molecular flexibility index (Phi) is 3.94. The van der Waals surface area contributed by atoms with Crippen LogP contribution in [0.15, 0.2) is 30.1 Å². The minimum Gasteiger partial charge on any atom is -0.401 e. The first-order chi connectivity index (χ1) is 8.70. The summed E-state index contributed by atoms with van der Waals surface area (Å²) >= 11 is 0. The lowest BCUT2D eigenvalue weighted by Gasteiger charge is -2.16. The molecule has 0 amide bonds. The summed E-state index contributed by atoms with van der Waals surface area (Å²) < 4.78 is 0. The summed E-state index contributed by atoms with van der Waals surface area (Å²) in [6, 6.07) is 3.87. The van der Waals surface area contributed by atoms with Crippen LogP contribution in [-0.4, -0.2) is 30.3 Å². The van der Waals surface area contributed by atoms with E-state index in [-0.39, 0.29) is 6.54 Å². The van der Waals surface area contributed by atoms with Gasteiger partial charge in [-0.15, -0.1) is 0 Å². The van der Waals surface area contributed by atoms with Crippen molar-refractivity contribution < 1.29 is 0 Å². The van der Waals surface area contributed by atoms with Crippen molar-refractivity contribution in [3.63, 3.8) is 0 Å². The Balaban J connectivity index is 2.09. The van der Waals surface area contributed by atoms with E-state index in [9.17, 15) is 0 Å². The first kappa shape index (κ1) is 12.6. The van der Waals surface area contributed by atoms with Crippen LogP contribution in [0.3, 0.4) is 0 Å². The van der Waals surface area contributed by atoms with Crippen molar-refractivity contribution in [1.82, 2.24) is 4.98 Å². The average molecular weight is 245 g/mol. The van der Waals surface area contributed by atoms with Gasteiger partial charge in [-0.2, -0.15) is 0 Å². The lowest BCUT2D eigenvalue weighted by molar-refractivity contribution is 0.937. The molecule has 5 nitrogen and oxygen atoms in total. The molecule has 0 bridgehead atoms. The van der Waals surface area contributed by atoms with Crippen LogP contribution >= 0.6 is 0 Å². The number of rotatable bonds is 4. The number of nitrogens with zero attached hydrogens (tertiary/aromatic N) is 2. The minimum absolute atomic E-state index is 0.266. The summed E-state index contributed by atoms with van der Waals surface area (Å²) in [5, 5.41) is 7.88. The molecule has 5 N–H and O–H groups in total. The van der Waals surface area contributed by atoms with Gasteiger partial charge in [0.2, 0.25) is 0 Å². The number of hydrogen-bond donors (Lipinski definition) is 3. The van der Waals surface area contributed by atoms with Crippen molar-refractivity contribution in [1.29, 1.82) is 5.41 Å². The second-order valence-electron chi connectivity index (χ2n) is 4.44. The van der Waals surface area contributed by atoms with E-state index in [1.54, 1.807) is 12.3 Å². The number of aromatic nitrogens is 1. The van der Waals surface area contributed by atoms with E-state index < -0.39 is 0 Å². The number of allylic oxidation sites excluding steroid dienone is 1. The average Bonchev–Trinajstić information content (AvgIpc) is 2.92. The second-order valence-corrected chi connectivity index (χ2v) is 4.44. The molecule has 0 spiro atoms. The Morgan fingerprint density at radius 3 is 2.67 bits per heavy atom. The zero-order valence-electron chi connectivity index (χ0n) is 10.4. The summed E-state index contributed by atoms with van der Waals surface area (Å²) in [7, 11) is 0. The zero-order chi connectivity index (χ0) is 13.0. The summed E-state index contributed by atoms with van der Waals surface area (Å²) in [6.07, 6.45) is 5.76. The van der Waals surface area contributed by atoms with E-state index in [2.05, 4.69) is 9.88 Å². The predicted molar refractivity (Wildman–Crippen MR) is 73.8 cm³/mol. The molecule has 0 aromatic carbocycles. The number of nitrogens with two attached hydrogens (primary N) is 2. The number of anilines is 1. The molecule has 2 heterocycles. The van der Waals surface area contributed by atoms with Gasteiger partial charge in [-0.3, -0.25) is 0 Å². The SMILES string of the molecule is N=C(C=C(N)CN)c1ccc(N2CCCC2)nc1. The Morgan fingerprint density at radius 1 is 1.39 bits per heavy atom. The van der Waals surface area contributed by atoms with Crippen molar-refractivity contribution in [3.05, 3.63) is 35.7 Å². The number of hydrogen-bond acceptors (Lipinski definition) is 5. The maximum atomic E-state index is 7.88. The predicted octanol–water partition coefficient (Wildman–Crippen LogP) is 0.851. The van der Waals surface area contributed by atoms with Crippen molar-refractivity contribution in [2.75, 3.05) is 24.5 Å². The molecule has 18 heavy (non-hydrogen) atoms. The largest absolute Gasteiger partial charge is 0.401 e. The van der Waals surface area contributed by atoms with Gasteiger partial charge in [0.15, 0.2) is 0 Å². The number of nitrogens with one attached hydrogen (secondary N) is 1. The Hall–Kier alpha value is -1.88. The Bertz CT molecular complexity index is 443. The lowest BCUT2D eigenvalue weighted by atomic mass is 10.1. The molecule has 0 atom stereocenters. The molecule has 5 heteroatoms. The molecule has 1 fully saturated rings. The molecule has 1 aliphatic rings. The third-order valence-corrected chi connectivity index (χ3v) is 3.05. The van der Waals surface area contributed by atoms with Crippen molar-refractivity contribution in [3.8, 4) is 0 Å². The van der Waals surface area contributed by atoms with E-state index >= 15 is 0 Å². The van der Waals surface area contributed by atoms with Crippen LogP contribution in [0.4, 0.5) is 5.82 Å². The minimum atomic E-state index is 0.266. The van der Waals surface area contributed by atoms with Gasteiger partial charge in [-0.1, -0.05) is 0 Å². The smallest absolute Gasteiger partial charge is 0.128 e. The van der Waals surface area contributed by atoms with E-state index in [1.807, 2.05) is 12.1 Å². The molecule has 0 saturated carbocycles. The van der Waals surface area contributed by atoms with Gasteiger partial charge in [0.05, 0.1) is 5.71 Å². The molecular weight excluding hydrogens is 226 g/mol. The zero-order valence-corrected chi connectivity index (χ0v) is 10.4. The summed E-state index contributed by atoms with van der Waals surface area (Å²) in [6.45, 7) is 2.41. The summed E-state index contributed by atoms with van der Waals surface area (Å²) in [5.74, 6) is 0.986. The van der Waals surface area contributed by atoms with Crippen molar-refractivity contribution in [2.45, 2.75) is 12.8 Å². The fraction of sp³-hybridized carbons (Fsp3) is 0.385. The van der Waals surface area contributed by atoms with Crippen LogP contribution in [0.25, 0.3) is 0 Å². The van der Waals surface area contributed by atoms with Crippen LogP contribution in [0.1, 0.15) is 18.4 Å². The van der Waals surface area contributed by atoms with Crippen molar-refractivity contribution >= 4 is 11.5 Å². The molecule has 0 aliphatic carbocycles. The Labute approximate surface area is 107 Å². The highest BCUT2D eigenvalue weighted by molar-refractivity contribution is 6.06. The van der Waals surface area contributed by atoms with Crippen molar-refractivity contribution in [2.24, 2.45) is 11.5 Å². The second kappa shape index (κ2) is 5.64. The molecule has 1 aromatic heterocycles. The fourth-order valence-corrected chi connectivity index (χ4v) is 2.01. The summed E-state index contributed by atoms with van der Waals surface area (Å²) in [5.41, 5.74) is 12.6. The molecule has 1 aliphatic heterocycles. The van der Waals surface area contributed by atoms with Crippen LogP contribution in [-0.2, 0) is 0 Å². The monoisotopic (exact) mass is 245 g/mol. The fourth-order valence-electron chi connectivity index (χ4n) is 2.01. The van der Waals surface area contributed by atoms with Gasteiger partial charge in [-0.25, -0.2) is 4.98 Å². The first-order valence-corrected chi connectivity index (χ1v) is 6.17. The Morgan fingerprint density at radius 2 is 2.11 bits per heavy atom. The van der Waals surface area contributed by atoms with Gasteiger partial charge >= 0.3 is 0 Å². The number of pyridine rings is 1. The van der Waals surface area contributed by atoms with E-state index in [0.29, 0.717) is 11.4 Å². The normalized spacial score (nSPS) is 16.1. The molecule has 2 rings (SSSR count). The van der Waals surface area contributed by atoms with Crippen LogP contribution in [0.5, 0.6) is 0 Å². The molecule has 1 aromatic rings. The van der Waals surface area contributed by atoms with Crippen LogP contribution in [0, 0.1) is 5.41 Å². The third kappa shape index (κ3) is 2.87. The van der Waals surface area contributed by atoms with Crippen LogP contribution in [0.2, 0.25) is 0 Å². The molecular formula is C13H19N5. The van der Waals surface area contributed by atoms with Gasteiger partial charge in [-0.05, 0) is 31.1 Å². The van der Waals surface area contributed by atoms with E-state index in [1.165, 1.54) is 12.8 Å². The first-order valence-electron chi connectivity index (χ1n) is 6.17. The molecule has 0 radical (unpaired) electrons. The highest BCUT2D eigenvalue weighted by Crippen LogP contribution is 2.17. The van der Waals surface area contributed by atoms with E-state index in [0.717, 1.165) is 24.5 Å². The van der Waals surface area contributed by atoms with Gasteiger partial charge < -0.3 is 21.8 Å². The third-order valence-electron chi connectivity index (χ3n) is 3.05. The molecule has 96 valence electrons. The maximum absolute atomic E-state index is 7.88. The molecule has 1 saturated heterocycles. The van der Waals surface area contributed by atoms with Gasteiger partial charge in [0.25, 0.3) is 0 Å². The van der Waals surface area contributed by atoms with Crippen LogP contribution < -0.4 is 16.4 Å².